The fraction of sp³-hybridized carbons (Fsp3) is 0.400. The molecule has 2 aromatic rings. The number of aliphatic hydroxyl groups excluding tert-OH is 2. The minimum absolute atomic E-state index is 0.232. The molecule has 0 fully saturated rings. The normalized spacial score (nSPS) is 13.8. The molecule has 0 spiro atoms. The van der Waals surface area contributed by atoms with Crippen molar-refractivity contribution in [2.45, 2.75) is 26.7 Å². The van der Waals surface area contributed by atoms with Crippen LogP contribution in [-0.4, -0.2) is 23.4 Å². The fourth-order valence-corrected chi connectivity index (χ4v) is 2.60. The Morgan fingerprint density at radius 1 is 0.636 bits per heavy atom. The molecule has 0 heterocycles. The van der Waals surface area contributed by atoms with Gasteiger partial charge in [-0.2, -0.15) is 0 Å². The number of aliphatic hydroxyl groups is 2. The van der Waals surface area contributed by atoms with Crippen LogP contribution >= 0.6 is 0 Å². The van der Waals surface area contributed by atoms with Crippen LogP contribution in [0.2, 0.25) is 0 Å². The summed E-state index contributed by atoms with van der Waals surface area (Å²) in [7, 11) is 0. The topological polar surface area (TPSA) is 40.5 Å². The van der Waals surface area contributed by atoms with Crippen molar-refractivity contribution in [1.29, 1.82) is 0 Å². The summed E-state index contributed by atoms with van der Waals surface area (Å²) >= 11 is 0. The third-order valence-electron chi connectivity index (χ3n) is 4.03. The molecule has 2 aromatic carbocycles. The maximum atomic E-state index is 9.12. The first-order valence-electron chi connectivity index (χ1n) is 8.02. The molecular weight excluding hydrogens is 272 g/mol. The highest BCUT2D eigenvalue weighted by molar-refractivity contribution is 5.64. The molecular formula is C20H26O2. The quantitative estimate of drug-likeness (QED) is 0.818. The average molecular weight is 298 g/mol. The Labute approximate surface area is 133 Å². The molecule has 0 amide bonds. The Hall–Kier alpha value is -1.64. The largest absolute Gasteiger partial charge is 0.396 e. The molecule has 0 aromatic heterocycles. The van der Waals surface area contributed by atoms with E-state index in [9.17, 15) is 0 Å². The predicted molar refractivity (Wildman–Crippen MR) is 91.8 cm³/mol. The van der Waals surface area contributed by atoms with Crippen molar-refractivity contribution in [2.75, 3.05) is 13.2 Å². The van der Waals surface area contributed by atoms with E-state index in [0.29, 0.717) is 11.8 Å². The van der Waals surface area contributed by atoms with Crippen molar-refractivity contribution < 1.29 is 10.2 Å². The van der Waals surface area contributed by atoms with Crippen LogP contribution in [0, 0.1) is 11.8 Å². The SMILES string of the molecule is CC(CO)Cc1ccc(-c2ccc(CC(C)CO)cc2)cc1. The van der Waals surface area contributed by atoms with Gasteiger partial charge >= 0.3 is 0 Å². The smallest absolute Gasteiger partial charge is 0.0459 e. The second-order valence-electron chi connectivity index (χ2n) is 6.38. The van der Waals surface area contributed by atoms with E-state index in [-0.39, 0.29) is 13.2 Å². The van der Waals surface area contributed by atoms with Gasteiger partial charge in [0, 0.05) is 13.2 Å². The Balaban J connectivity index is 2.05. The zero-order valence-electron chi connectivity index (χ0n) is 13.5. The van der Waals surface area contributed by atoms with E-state index < -0.39 is 0 Å². The molecule has 22 heavy (non-hydrogen) atoms. The van der Waals surface area contributed by atoms with Crippen LogP contribution in [0.4, 0.5) is 0 Å². The second kappa shape index (κ2) is 8.11. The minimum Gasteiger partial charge on any atom is -0.396 e. The molecule has 2 N–H and O–H groups in total. The fourth-order valence-electron chi connectivity index (χ4n) is 2.60. The number of hydrogen-bond donors (Lipinski definition) is 2. The molecule has 0 saturated heterocycles. The van der Waals surface area contributed by atoms with Crippen LogP contribution in [-0.2, 0) is 12.8 Å². The maximum absolute atomic E-state index is 9.12. The highest BCUT2D eigenvalue weighted by atomic mass is 16.3. The van der Waals surface area contributed by atoms with E-state index in [1.807, 2.05) is 0 Å². The van der Waals surface area contributed by atoms with Gasteiger partial charge in [0.25, 0.3) is 0 Å². The summed E-state index contributed by atoms with van der Waals surface area (Å²) in [4.78, 5) is 0. The van der Waals surface area contributed by atoms with Crippen molar-refractivity contribution in [3.8, 4) is 11.1 Å². The van der Waals surface area contributed by atoms with E-state index in [2.05, 4.69) is 62.4 Å². The third-order valence-corrected chi connectivity index (χ3v) is 4.03. The Kier molecular flexibility index (Phi) is 6.17. The molecule has 0 radical (unpaired) electrons. The van der Waals surface area contributed by atoms with Crippen LogP contribution in [0.1, 0.15) is 25.0 Å². The number of benzene rings is 2. The lowest BCUT2D eigenvalue weighted by Crippen LogP contribution is -2.04. The van der Waals surface area contributed by atoms with E-state index >= 15 is 0 Å². The Morgan fingerprint density at radius 2 is 0.955 bits per heavy atom. The molecule has 2 atom stereocenters. The first kappa shape index (κ1) is 16.7. The molecule has 2 heteroatoms. The summed E-state index contributed by atoms with van der Waals surface area (Å²) in [6, 6.07) is 17.1. The summed E-state index contributed by atoms with van der Waals surface area (Å²) < 4.78 is 0. The highest BCUT2D eigenvalue weighted by Gasteiger charge is 2.05. The van der Waals surface area contributed by atoms with Crippen molar-refractivity contribution in [2.24, 2.45) is 11.8 Å². The summed E-state index contributed by atoms with van der Waals surface area (Å²) in [6.45, 7) is 4.57. The molecule has 0 aliphatic rings. The first-order valence-corrected chi connectivity index (χ1v) is 8.02. The van der Waals surface area contributed by atoms with E-state index in [0.717, 1.165) is 12.8 Å². The highest BCUT2D eigenvalue weighted by Crippen LogP contribution is 2.22. The molecule has 2 nitrogen and oxygen atoms in total. The van der Waals surface area contributed by atoms with Crippen LogP contribution in [0.3, 0.4) is 0 Å². The lowest BCUT2D eigenvalue weighted by Gasteiger charge is -2.10. The van der Waals surface area contributed by atoms with Gasteiger partial charge in [-0.3, -0.25) is 0 Å². The second-order valence-corrected chi connectivity index (χ2v) is 6.38. The van der Waals surface area contributed by atoms with Gasteiger partial charge < -0.3 is 10.2 Å². The minimum atomic E-state index is 0.232. The van der Waals surface area contributed by atoms with Crippen molar-refractivity contribution in [1.82, 2.24) is 0 Å². The van der Waals surface area contributed by atoms with Gasteiger partial charge in [0.05, 0.1) is 0 Å². The van der Waals surface area contributed by atoms with Gasteiger partial charge in [-0.1, -0.05) is 62.4 Å². The van der Waals surface area contributed by atoms with Gasteiger partial charge in [0.2, 0.25) is 0 Å². The molecule has 0 aliphatic heterocycles. The van der Waals surface area contributed by atoms with Crippen molar-refractivity contribution in [3.63, 3.8) is 0 Å². The van der Waals surface area contributed by atoms with E-state index in [4.69, 9.17) is 10.2 Å². The predicted octanol–water partition coefficient (Wildman–Crippen LogP) is 3.70. The van der Waals surface area contributed by atoms with Crippen LogP contribution in [0.15, 0.2) is 48.5 Å². The van der Waals surface area contributed by atoms with E-state index in [1.54, 1.807) is 0 Å². The molecule has 0 aliphatic carbocycles. The summed E-state index contributed by atoms with van der Waals surface area (Å²) in [5.74, 6) is 0.609. The first-order chi connectivity index (χ1) is 10.6. The maximum Gasteiger partial charge on any atom is 0.0459 e. The summed E-state index contributed by atoms with van der Waals surface area (Å²) in [6.07, 6.45) is 1.82. The summed E-state index contributed by atoms with van der Waals surface area (Å²) in [5, 5.41) is 18.2. The summed E-state index contributed by atoms with van der Waals surface area (Å²) in [5.41, 5.74) is 4.95. The van der Waals surface area contributed by atoms with Gasteiger partial charge in [0.15, 0.2) is 0 Å². The molecule has 2 rings (SSSR count). The molecule has 118 valence electrons. The number of hydrogen-bond acceptors (Lipinski definition) is 2. The molecule has 0 saturated carbocycles. The Bertz CT molecular complexity index is 504. The van der Waals surface area contributed by atoms with Crippen LogP contribution < -0.4 is 0 Å². The lowest BCUT2D eigenvalue weighted by atomic mass is 9.96. The van der Waals surface area contributed by atoms with Gasteiger partial charge in [-0.05, 0) is 46.9 Å². The van der Waals surface area contributed by atoms with Gasteiger partial charge in [0.1, 0.15) is 0 Å². The van der Waals surface area contributed by atoms with Gasteiger partial charge in [-0.15, -0.1) is 0 Å². The van der Waals surface area contributed by atoms with Crippen molar-refractivity contribution >= 4 is 0 Å². The van der Waals surface area contributed by atoms with E-state index in [1.165, 1.54) is 22.3 Å². The van der Waals surface area contributed by atoms with Crippen LogP contribution in [0.25, 0.3) is 11.1 Å². The van der Waals surface area contributed by atoms with Crippen LogP contribution in [0.5, 0.6) is 0 Å². The Morgan fingerprint density at radius 3 is 1.23 bits per heavy atom. The standard InChI is InChI=1S/C20H26O2/c1-15(13-21)11-17-3-7-19(8-4-17)20-9-5-18(6-10-20)12-16(2)14-22/h3-10,15-16,21-22H,11-14H2,1-2H3. The monoisotopic (exact) mass is 298 g/mol. The zero-order chi connectivity index (χ0) is 15.9. The third kappa shape index (κ3) is 4.69. The lowest BCUT2D eigenvalue weighted by molar-refractivity contribution is 0.237. The molecule has 0 bridgehead atoms. The van der Waals surface area contributed by atoms with Gasteiger partial charge in [-0.25, -0.2) is 0 Å². The van der Waals surface area contributed by atoms with Crippen molar-refractivity contribution in [3.05, 3.63) is 59.7 Å². The average Bonchev–Trinajstić information content (AvgIpc) is 2.56. The number of rotatable bonds is 7. The zero-order valence-corrected chi connectivity index (χ0v) is 13.5. The molecule has 2 unspecified atom stereocenters.